The standard InChI is InChI=1S/B46H3/c1-25(2)37(26(3)4)43(38(27(5)6)28(7)8)46(44(39(29(9)10)30(11)12)40(31(13)14)32(15)16)45(41(33(17)18)34(19)20)42(35(21)22)36(23)24/h1H3/q-1. The van der Waals surface area contributed by atoms with Crippen molar-refractivity contribution in [2.45, 2.75) is 0 Å². The molecule has 142 valence electrons. The summed E-state index contributed by atoms with van der Waals surface area (Å²) < 4.78 is 0. The van der Waals surface area contributed by atoms with Gasteiger partial charge in [-0.05, 0) is 312 Å². The highest BCUT2D eigenvalue weighted by Gasteiger charge is 2.58. The molecule has 0 atom stereocenters. The maximum Gasteiger partial charge on any atom is -0.0000000000000851 e. The summed E-state index contributed by atoms with van der Waals surface area (Å²) in [5.41, 5.74) is 0. The molecule has 0 N–H and O–H groups in total. The molecule has 0 rings (SSSR count). The van der Waals surface area contributed by atoms with Crippen LogP contribution in [0.15, 0.2) is 0 Å². The lowest BCUT2D eigenvalue weighted by Gasteiger charge is -2.56. The zero-order valence-corrected chi connectivity index (χ0v) is 26.0. The molecule has 0 heterocycles. The van der Waals surface area contributed by atoms with E-state index in [1.54, 1.807) is 0 Å². The van der Waals surface area contributed by atoms with Crippen LogP contribution in [-0.4, -0.2) is 326 Å². The zero-order valence-electron chi connectivity index (χ0n) is 26.0. The van der Waals surface area contributed by atoms with E-state index in [1.807, 2.05) is 0 Å². The van der Waals surface area contributed by atoms with Crippen molar-refractivity contribution in [1.29, 1.82) is 0 Å². The van der Waals surface area contributed by atoms with E-state index in [4.69, 9.17) is 178 Å². The van der Waals surface area contributed by atoms with E-state index in [2.05, 4.69) is 0 Å². The molecule has 0 saturated heterocycles. The first kappa shape index (κ1) is 49.0. The summed E-state index contributed by atoms with van der Waals surface area (Å²) in [4.78, 5) is 0. The Kier molecular flexibility index (Phi) is 23.7. The maximum absolute atomic E-state index is 6.69. The SMILES string of the molecule is [B]B([B])B(B([B])[B])B(B(B([B])[B])B([B])[B])B(B(B(B([B])[B])B([B])[B])B(B([B])[B])B([B])[B])B(B(B([B])[B])B([B])[B])B(B([B])[B])B([B])[BH3-]. The molecule has 0 spiro atoms. The number of rotatable bonds is 21. The van der Waals surface area contributed by atoms with Gasteiger partial charge in [0.2, 0.25) is 0 Å². The first-order chi connectivity index (χ1) is 20.9. The molecule has 0 aliphatic carbocycles. The Hall–Kier alpha value is 2.99. The van der Waals surface area contributed by atoms with E-state index in [0.717, 1.165) is 0 Å². The second-order valence-electron chi connectivity index (χ2n) is 12.3. The van der Waals surface area contributed by atoms with Crippen molar-refractivity contribution < 1.29 is 0 Å². The fourth-order valence-electron chi connectivity index (χ4n) is 7.44. The predicted octanol–water partition coefficient (Wildman–Crippen LogP) is -18.3. The van der Waals surface area contributed by atoms with Crippen LogP contribution in [0.25, 0.3) is 0 Å². The normalized spacial score (nSPS) is 9.67. The predicted molar refractivity (Wildman–Crippen MR) is 269 cm³/mol. The van der Waals surface area contributed by atoms with Gasteiger partial charge in [0, 0.05) is 0 Å². The molecular formula is H3B46-. The van der Waals surface area contributed by atoms with Crippen LogP contribution >= 0.6 is 0 Å². The Morgan fingerprint density at radius 3 is 0.391 bits per heavy atom. The lowest BCUT2D eigenvalue weighted by atomic mass is 8.25. The summed E-state index contributed by atoms with van der Waals surface area (Å²) in [7, 11) is 147. The molecule has 46 radical (unpaired) electrons. The van der Waals surface area contributed by atoms with E-state index < -0.39 is 148 Å². The molecule has 46 heteroatoms. The van der Waals surface area contributed by atoms with E-state index in [-0.39, 0.29) is 0 Å². The van der Waals surface area contributed by atoms with Crippen LogP contribution in [0.2, 0.25) is 0 Å². The Morgan fingerprint density at radius 2 is 0.283 bits per heavy atom. The summed E-state index contributed by atoms with van der Waals surface area (Å²) in [6.45, 7) is 0. The molecule has 46 heavy (non-hydrogen) atoms. The minimum Gasteiger partial charge on any atom is -0.128 e. The largest absolute Gasteiger partial charge is 0.128 e. The Labute approximate surface area is 323 Å². The summed E-state index contributed by atoms with van der Waals surface area (Å²) in [6.07, 6.45) is -24.6. The number of hydrogen-bond donors (Lipinski definition) is 0. The van der Waals surface area contributed by atoms with Crippen LogP contribution in [-0.2, 0) is 0 Å². The highest BCUT2D eigenvalue weighted by atomic mass is 13.4. The van der Waals surface area contributed by atoms with Crippen LogP contribution in [0, 0.1) is 0 Å². The zero-order chi connectivity index (χ0) is 36.7. The second-order valence-corrected chi connectivity index (χ2v) is 12.3. The molecular weight excluding hydrogens is 497 g/mol. The van der Waals surface area contributed by atoms with E-state index >= 15 is 0 Å². The second kappa shape index (κ2) is 22.3. The average molecular weight is 500 g/mol. The topological polar surface area (TPSA) is 0 Å². The summed E-state index contributed by atoms with van der Waals surface area (Å²) in [5.74, 6) is 0. The highest BCUT2D eigenvalue weighted by Crippen LogP contribution is 2.21. The van der Waals surface area contributed by atoms with Gasteiger partial charge in [0.25, 0.3) is 0 Å². The third-order valence-electron chi connectivity index (χ3n) is 9.11. The van der Waals surface area contributed by atoms with Gasteiger partial charge in [0.05, 0.1) is 0 Å². The van der Waals surface area contributed by atoms with Crippen molar-refractivity contribution in [3.63, 3.8) is 0 Å². The van der Waals surface area contributed by atoms with Gasteiger partial charge in [-0.3, -0.25) is 0 Å². The average Bonchev–Trinajstić information content (AvgIpc) is 2.81. The molecule has 0 aromatic rings. The molecule has 0 nitrogen and oxygen atoms in total. The van der Waals surface area contributed by atoms with Gasteiger partial charge < -0.3 is 0 Å². The first-order valence-electron chi connectivity index (χ1n) is 14.7. The van der Waals surface area contributed by atoms with Crippen LogP contribution in [0.4, 0.5) is 0 Å². The summed E-state index contributed by atoms with van der Waals surface area (Å²) >= 11 is 0. The number of hydrogen-bond acceptors (Lipinski definition) is 0. The maximum atomic E-state index is 6.69. The van der Waals surface area contributed by atoms with E-state index in [1.165, 1.54) is 0 Å². The van der Waals surface area contributed by atoms with Gasteiger partial charge in [-0.2, -0.15) is 0 Å². The van der Waals surface area contributed by atoms with Gasteiger partial charge in [0.1, 0.15) is 0 Å². The monoisotopic (exact) mass is 509 g/mol. The summed E-state index contributed by atoms with van der Waals surface area (Å²) in [5, 5.41) is 0. The summed E-state index contributed by atoms with van der Waals surface area (Å²) in [6, 6.07) is 0. The van der Waals surface area contributed by atoms with E-state index in [0.29, 0.717) is 0 Å². The van der Waals surface area contributed by atoms with Crippen LogP contribution in [0.3, 0.4) is 0 Å². The fourth-order valence-corrected chi connectivity index (χ4v) is 7.44. The van der Waals surface area contributed by atoms with Crippen molar-refractivity contribution in [1.82, 2.24) is 0 Å². The van der Waals surface area contributed by atoms with Crippen molar-refractivity contribution in [2.24, 2.45) is 0 Å². The van der Waals surface area contributed by atoms with Crippen molar-refractivity contribution in [2.75, 3.05) is 0 Å². The molecule has 0 aliphatic rings. The third kappa shape index (κ3) is 13.1. The molecule has 0 saturated carbocycles. The lowest BCUT2D eigenvalue weighted by molar-refractivity contribution is 3.19. The molecule has 0 aromatic heterocycles. The molecule has 0 fully saturated rings. The van der Waals surface area contributed by atoms with Gasteiger partial charge in [0.15, 0.2) is 0 Å². The van der Waals surface area contributed by atoms with Gasteiger partial charge in [-0.1, -0.05) is 7.74 Å². The van der Waals surface area contributed by atoms with Crippen molar-refractivity contribution in [3.8, 4) is 0 Å². The molecule has 0 bridgehead atoms. The van der Waals surface area contributed by atoms with Crippen LogP contribution in [0.5, 0.6) is 0 Å². The Balaban J connectivity index is 9.13. The van der Waals surface area contributed by atoms with E-state index in [9.17, 15) is 0 Å². The lowest BCUT2D eigenvalue weighted by Crippen LogP contribution is -2.94. The Morgan fingerprint density at radius 1 is 0.174 bits per heavy atom. The molecule has 0 unspecified atom stereocenters. The minimum absolute atomic E-state index is 0.546. The van der Waals surface area contributed by atoms with Crippen LogP contribution < -0.4 is 0 Å². The smallest absolute Gasteiger partial charge is 0.0000000000000851 e. The van der Waals surface area contributed by atoms with Gasteiger partial charge >= 0.3 is 0 Å². The van der Waals surface area contributed by atoms with Crippen LogP contribution in [0.1, 0.15) is 0 Å². The molecule has 0 aliphatic heterocycles. The quantitative estimate of drug-likeness (QED) is 0.138. The minimum atomic E-state index is -1.25. The van der Waals surface area contributed by atoms with Crippen molar-refractivity contribution in [3.05, 3.63) is 0 Å². The molecule has 0 aromatic carbocycles. The van der Waals surface area contributed by atoms with Crippen molar-refractivity contribution >= 4 is 326 Å². The fraction of sp³-hybridized carbons (Fsp3) is 0. The van der Waals surface area contributed by atoms with Gasteiger partial charge in [-0.15, -0.1) is 6.39 Å². The first-order valence-corrected chi connectivity index (χ1v) is 14.7. The Bertz CT molecular complexity index is 561. The third-order valence-corrected chi connectivity index (χ3v) is 9.11. The highest BCUT2D eigenvalue weighted by molar-refractivity contribution is 8.34. The van der Waals surface area contributed by atoms with Gasteiger partial charge in [-0.25, -0.2) is 0 Å². The molecule has 0 amide bonds.